The third-order valence-corrected chi connectivity index (χ3v) is 4.33. The molecule has 1 unspecified atom stereocenters. The van der Waals surface area contributed by atoms with Gasteiger partial charge in [-0.05, 0) is 61.7 Å². The van der Waals surface area contributed by atoms with E-state index < -0.39 is 11.9 Å². The Hall–Kier alpha value is -1.39. The van der Waals surface area contributed by atoms with Crippen LogP contribution in [0.1, 0.15) is 29.7 Å². The summed E-state index contributed by atoms with van der Waals surface area (Å²) in [7, 11) is 0. The molecule has 0 spiro atoms. The monoisotopic (exact) mass is 338 g/mol. The van der Waals surface area contributed by atoms with Crippen molar-refractivity contribution < 1.29 is 14.2 Å². The van der Waals surface area contributed by atoms with E-state index in [4.69, 9.17) is 4.74 Å². The van der Waals surface area contributed by atoms with E-state index in [0.717, 1.165) is 15.6 Å². The van der Waals surface area contributed by atoms with Crippen LogP contribution in [-0.2, 0) is 0 Å². The van der Waals surface area contributed by atoms with E-state index >= 15 is 0 Å². The normalized spacial score (nSPS) is 12.3. The molecule has 2 rings (SSSR count). The molecule has 0 amide bonds. The van der Waals surface area contributed by atoms with Gasteiger partial charge in [0.05, 0.1) is 6.10 Å². The summed E-state index contributed by atoms with van der Waals surface area (Å²) in [5.74, 6) is 0.254. The van der Waals surface area contributed by atoms with Crippen LogP contribution in [0.25, 0.3) is 0 Å². The summed E-state index contributed by atoms with van der Waals surface area (Å²) >= 11 is 3.48. The van der Waals surface area contributed by atoms with Gasteiger partial charge in [0.25, 0.3) is 0 Å². The van der Waals surface area contributed by atoms with Gasteiger partial charge in [-0.25, -0.2) is 4.39 Å². The van der Waals surface area contributed by atoms with Crippen LogP contribution >= 0.6 is 15.9 Å². The standard InChI is InChI=1S/C16H16BrFO2/c1-9-6-13(7-10(2)16(9)17)20-15-5-4-12(11(3)19)8-14(15)18/h4-8,11,19H,1-3H3. The number of hydrogen-bond donors (Lipinski definition) is 1. The Bertz CT molecular complexity index is 615. The van der Waals surface area contributed by atoms with Crippen LogP contribution in [0.2, 0.25) is 0 Å². The fraction of sp³-hybridized carbons (Fsp3) is 0.250. The van der Waals surface area contributed by atoms with E-state index in [1.165, 1.54) is 12.1 Å². The molecule has 4 heteroatoms. The Morgan fingerprint density at radius 3 is 2.25 bits per heavy atom. The maximum Gasteiger partial charge on any atom is 0.166 e. The Labute approximate surface area is 126 Å². The van der Waals surface area contributed by atoms with Gasteiger partial charge >= 0.3 is 0 Å². The summed E-state index contributed by atoms with van der Waals surface area (Å²) in [4.78, 5) is 0. The van der Waals surface area contributed by atoms with Crippen LogP contribution in [-0.4, -0.2) is 5.11 Å². The van der Waals surface area contributed by atoms with Crippen molar-refractivity contribution in [2.24, 2.45) is 0 Å². The van der Waals surface area contributed by atoms with E-state index in [2.05, 4.69) is 15.9 Å². The first kappa shape index (κ1) is 15.0. The Morgan fingerprint density at radius 2 is 1.75 bits per heavy atom. The highest BCUT2D eigenvalue weighted by atomic mass is 79.9. The van der Waals surface area contributed by atoms with Crippen LogP contribution < -0.4 is 4.74 Å². The van der Waals surface area contributed by atoms with Crippen LogP contribution in [0.5, 0.6) is 11.5 Å². The second kappa shape index (κ2) is 5.94. The minimum Gasteiger partial charge on any atom is -0.454 e. The van der Waals surface area contributed by atoms with Crippen LogP contribution in [0.3, 0.4) is 0 Å². The summed E-state index contributed by atoms with van der Waals surface area (Å²) in [5, 5.41) is 9.42. The van der Waals surface area contributed by atoms with Crippen LogP contribution in [0.15, 0.2) is 34.8 Å². The molecule has 2 nitrogen and oxygen atoms in total. The number of ether oxygens (including phenoxy) is 1. The molecule has 0 saturated carbocycles. The van der Waals surface area contributed by atoms with E-state index in [1.54, 1.807) is 13.0 Å². The average molecular weight is 339 g/mol. The molecule has 0 saturated heterocycles. The molecule has 0 aromatic heterocycles. The average Bonchev–Trinajstić information content (AvgIpc) is 2.38. The van der Waals surface area contributed by atoms with Gasteiger partial charge in [-0.15, -0.1) is 0 Å². The van der Waals surface area contributed by atoms with Crippen molar-refractivity contribution in [3.05, 3.63) is 57.3 Å². The second-order valence-electron chi connectivity index (χ2n) is 4.84. The Balaban J connectivity index is 2.31. The molecule has 1 atom stereocenters. The summed E-state index contributed by atoms with van der Waals surface area (Å²) in [6, 6.07) is 8.17. The summed E-state index contributed by atoms with van der Waals surface area (Å²) in [6.07, 6.45) is -0.698. The number of aliphatic hydroxyl groups excluding tert-OH is 1. The zero-order valence-corrected chi connectivity index (χ0v) is 13.2. The predicted octanol–water partition coefficient (Wildman–Crippen LogP) is 5.05. The molecule has 1 N–H and O–H groups in total. The van der Waals surface area contributed by atoms with E-state index in [1.807, 2.05) is 26.0 Å². The molecule has 0 radical (unpaired) electrons. The summed E-state index contributed by atoms with van der Waals surface area (Å²) in [5.41, 5.74) is 2.58. The van der Waals surface area contributed by atoms with Gasteiger partial charge in [-0.1, -0.05) is 22.0 Å². The molecule has 0 bridgehead atoms. The topological polar surface area (TPSA) is 29.5 Å². The minimum atomic E-state index is -0.698. The van der Waals surface area contributed by atoms with Crippen molar-refractivity contribution >= 4 is 15.9 Å². The van der Waals surface area contributed by atoms with Crippen molar-refractivity contribution in [2.75, 3.05) is 0 Å². The van der Waals surface area contributed by atoms with Gasteiger partial charge in [-0.2, -0.15) is 0 Å². The van der Waals surface area contributed by atoms with Crippen LogP contribution in [0, 0.1) is 19.7 Å². The molecule has 0 aliphatic carbocycles. The van der Waals surface area contributed by atoms with Gasteiger partial charge in [0.2, 0.25) is 0 Å². The molecule has 0 heterocycles. The fourth-order valence-electron chi connectivity index (χ4n) is 1.95. The molecular formula is C16H16BrFO2. The highest BCUT2D eigenvalue weighted by Crippen LogP contribution is 2.31. The van der Waals surface area contributed by atoms with E-state index in [9.17, 15) is 9.50 Å². The van der Waals surface area contributed by atoms with E-state index in [0.29, 0.717) is 11.3 Å². The van der Waals surface area contributed by atoms with Crippen LogP contribution in [0.4, 0.5) is 4.39 Å². The first-order valence-corrected chi connectivity index (χ1v) is 7.10. The first-order valence-electron chi connectivity index (χ1n) is 6.30. The smallest absolute Gasteiger partial charge is 0.166 e. The lowest BCUT2D eigenvalue weighted by molar-refractivity contribution is 0.198. The summed E-state index contributed by atoms with van der Waals surface area (Å²) in [6.45, 7) is 5.50. The predicted molar refractivity (Wildman–Crippen MR) is 80.7 cm³/mol. The Morgan fingerprint density at radius 1 is 1.15 bits per heavy atom. The number of hydrogen-bond acceptors (Lipinski definition) is 2. The number of aliphatic hydroxyl groups is 1. The lowest BCUT2D eigenvalue weighted by atomic mass is 10.1. The largest absolute Gasteiger partial charge is 0.454 e. The maximum atomic E-state index is 13.9. The zero-order chi connectivity index (χ0) is 14.9. The summed E-state index contributed by atoms with van der Waals surface area (Å²) < 4.78 is 20.5. The number of benzene rings is 2. The SMILES string of the molecule is Cc1cc(Oc2ccc(C(C)O)cc2F)cc(C)c1Br. The minimum absolute atomic E-state index is 0.149. The van der Waals surface area contributed by atoms with Crippen molar-refractivity contribution in [3.8, 4) is 11.5 Å². The third kappa shape index (κ3) is 3.19. The Kier molecular flexibility index (Phi) is 4.45. The third-order valence-electron chi connectivity index (χ3n) is 3.08. The molecule has 20 heavy (non-hydrogen) atoms. The number of halogens is 2. The first-order chi connectivity index (χ1) is 9.38. The highest BCUT2D eigenvalue weighted by Gasteiger charge is 2.10. The van der Waals surface area contributed by atoms with Gasteiger partial charge in [-0.3, -0.25) is 0 Å². The maximum absolute atomic E-state index is 13.9. The van der Waals surface area contributed by atoms with Gasteiger partial charge in [0, 0.05) is 4.47 Å². The lowest BCUT2D eigenvalue weighted by Crippen LogP contribution is -1.95. The zero-order valence-electron chi connectivity index (χ0n) is 11.6. The highest BCUT2D eigenvalue weighted by molar-refractivity contribution is 9.10. The fourth-order valence-corrected chi connectivity index (χ4v) is 2.18. The molecule has 2 aromatic carbocycles. The van der Waals surface area contributed by atoms with Crippen molar-refractivity contribution in [1.82, 2.24) is 0 Å². The van der Waals surface area contributed by atoms with Crippen molar-refractivity contribution in [3.63, 3.8) is 0 Å². The molecule has 106 valence electrons. The van der Waals surface area contributed by atoms with Crippen molar-refractivity contribution in [2.45, 2.75) is 26.9 Å². The molecule has 0 aliphatic heterocycles. The molecule has 2 aromatic rings. The van der Waals surface area contributed by atoms with Gasteiger partial charge in [0.15, 0.2) is 11.6 Å². The molecule has 0 fully saturated rings. The van der Waals surface area contributed by atoms with E-state index in [-0.39, 0.29) is 5.75 Å². The van der Waals surface area contributed by atoms with Gasteiger partial charge < -0.3 is 9.84 Å². The quantitative estimate of drug-likeness (QED) is 0.848. The lowest BCUT2D eigenvalue weighted by Gasteiger charge is -2.12. The molecule has 0 aliphatic rings. The number of rotatable bonds is 3. The van der Waals surface area contributed by atoms with Gasteiger partial charge in [0.1, 0.15) is 5.75 Å². The van der Waals surface area contributed by atoms with Crippen molar-refractivity contribution in [1.29, 1.82) is 0 Å². The second-order valence-corrected chi connectivity index (χ2v) is 5.63. The number of aryl methyl sites for hydroxylation is 2. The molecular weight excluding hydrogens is 323 g/mol.